The summed E-state index contributed by atoms with van der Waals surface area (Å²) in [4.78, 5) is 24.4. The molecule has 0 saturated heterocycles. The third-order valence-corrected chi connectivity index (χ3v) is 6.73. The smallest absolute Gasteiger partial charge is 0.303 e. The van der Waals surface area contributed by atoms with Gasteiger partial charge in [-0.3, -0.25) is 0 Å². The Morgan fingerprint density at radius 3 is 0.771 bits per heavy atom. The zero-order chi connectivity index (χ0) is 26.5. The van der Waals surface area contributed by atoms with Crippen LogP contribution in [0, 0.1) is 0 Å². The van der Waals surface area contributed by atoms with E-state index in [-0.39, 0.29) is 0 Å². The molecule has 0 rings (SSSR count). The summed E-state index contributed by atoms with van der Waals surface area (Å²) in [7, 11) is -4.64. The molecule has 0 spiro atoms. The standard InChI is InChI=1S/C29H61N.H3O4P/c1-4-7-10-13-16-17-18-19-20-23-26-29-30(27-24-21-14-11-8-5-2)28-25-22-15-12-9-6-3;1-5(2,3)4/h4-29H2,1-3H3;(H3,1,2,3,4). The summed E-state index contributed by atoms with van der Waals surface area (Å²) in [5.41, 5.74) is 0. The van der Waals surface area contributed by atoms with Gasteiger partial charge in [0.25, 0.3) is 0 Å². The Balaban J connectivity index is 0. The second-order valence-electron chi connectivity index (χ2n) is 10.4. The van der Waals surface area contributed by atoms with Crippen molar-refractivity contribution >= 4 is 7.82 Å². The molecule has 0 amide bonds. The Labute approximate surface area is 220 Å². The van der Waals surface area contributed by atoms with Crippen LogP contribution in [0.5, 0.6) is 0 Å². The average molecular weight is 522 g/mol. The Morgan fingerprint density at radius 2 is 0.571 bits per heavy atom. The van der Waals surface area contributed by atoms with Crippen LogP contribution in [-0.4, -0.2) is 39.2 Å². The number of hydrogen-bond donors (Lipinski definition) is 3. The molecule has 0 aliphatic rings. The Hall–Kier alpha value is 0.0700. The van der Waals surface area contributed by atoms with E-state index in [1.165, 1.54) is 167 Å². The first-order chi connectivity index (χ1) is 16.8. The van der Waals surface area contributed by atoms with Gasteiger partial charge in [-0.1, -0.05) is 149 Å². The molecular weight excluding hydrogens is 457 g/mol. The summed E-state index contributed by atoms with van der Waals surface area (Å²) in [6.45, 7) is 11.0. The van der Waals surface area contributed by atoms with Crippen LogP contribution in [0.3, 0.4) is 0 Å². The molecule has 214 valence electrons. The van der Waals surface area contributed by atoms with Gasteiger partial charge < -0.3 is 19.6 Å². The highest BCUT2D eigenvalue weighted by Crippen LogP contribution is 2.25. The van der Waals surface area contributed by atoms with Crippen LogP contribution in [0.2, 0.25) is 0 Å². The van der Waals surface area contributed by atoms with Crippen LogP contribution in [-0.2, 0) is 4.57 Å². The summed E-state index contributed by atoms with van der Waals surface area (Å²) in [5, 5.41) is 0. The van der Waals surface area contributed by atoms with Crippen LogP contribution in [0.25, 0.3) is 0 Å². The Kier molecular flexibility index (Phi) is 32.2. The molecule has 0 bridgehead atoms. The third kappa shape index (κ3) is 41.5. The minimum Gasteiger partial charge on any atom is -0.303 e. The van der Waals surface area contributed by atoms with Gasteiger partial charge in [-0.25, -0.2) is 4.57 Å². The van der Waals surface area contributed by atoms with Crippen LogP contribution in [0.4, 0.5) is 0 Å². The Morgan fingerprint density at radius 1 is 0.400 bits per heavy atom. The van der Waals surface area contributed by atoms with Crippen molar-refractivity contribution in [2.45, 2.75) is 168 Å². The molecule has 0 unspecified atom stereocenters. The molecular formula is C29H64NO4P. The molecule has 6 heteroatoms. The largest absolute Gasteiger partial charge is 0.466 e. The second-order valence-corrected chi connectivity index (χ2v) is 11.5. The highest BCUT2D eigenvalue weighted by atomic mass is 31.2. The summed E-state index contributed by atoms with van der Waals surface area (Å²) < 4.78 is 8.88. The van der Waals surface area contributed by atoms with Gasteiger partial charge >= 0.3 is 7.82 Å². The quantitative estimate of drug-likeness (QED) is 0.0780. The maximum atomic E-state index is 8.88. The van der Waals surface area contributed by atoms with Gasteiger partial charge in [0.15, 0.2) is 0 Å². The molecule has 0 radical (unpaired) electrons. The number of rotatable bonds is 26. The van der Waals surface area contributed by atoms with Crippen molar-refractivity contribution in [3.8, 4) is 0 Å². The molecule has 0 atom stereocenters. The van der Waals surface area contributed by atoms with Crippen molar-refractivity contribution in [1.29, 1.82) is 0 Å². The van der Waals surface area contributed by atoms with Crippen LogP contribution in [0.15, 0.2) is 0 Å². The molecule has 0 aliphatic carbocycles. The number of hydrogen-bond acceptors (Lipinski definition) is 2. The van der Waals surface area contributed by atoms with Gasteiger partial charge in [0.05, 0.1) is 0 Å². The van der Waals surface area contributed by atoms with E-state index in [0.29, 0.717) is 0 Å². The lowest BCUT2D eigenvalue weighted by molar-refractivity contribution is 0.254. The molecule has 0 saturated carbocycles. The van der Waals surface area contributed by atoms with E-state index in [1.807, 2.05) is 0 Å². The van der Waals surface area contributed by atoms with Gasteiger partial charge in [0, 0.05) is 0 Å². The number of phosphoric acid groups is 1. The van der Waals surface area contributed by atoms with Crippen molar-refractivity contribution in [2.75, 3.05) is 19.6 Å². The van der Waals surface area contributed by atoms with Crippen molar-refractivity contribution in [3.63, 3.8) is 0 Å². The first kappa shape index (κ1) is 37.2. The van der Waals surface area contributed by atoms with Crippen molar-refractivity contribution < 1.29 is 19.2 Å². The first-order valence-electron chi connectivity index (χ1n) is 15.4. The van der Waals surface area contributed by atoms with E-state index >= 15 is 0 Å². The monoisotopic (exact) mass is 521 g/mol. The van der Waals surface area contributed by atoms with Gasteiger partial charge in [0.2, 0.25) is 0 Å². The average Bonchev–Trinajstić information content (AvgIpc) is 2.80. The fraction of sp³-hybridized carbons (Fsp3) is 1.00. The fourth-order valence-electron chi connectivity index (χ4n) is 4.57. The maximum Gasteiger partial charge on any atom is 0.466 e. The molecule has 0 aromatic heterocycles. The lowest BCUT2D eigenvalue weighted by Gasteiger charge is -2.22. The minimum absolute atomic E-state index is 1.36. The highest BCUT2D eigenvalue weighted by Gasteiger charge is 2.05. The number of unbranched alkanes of at least 4 members (excludes halogenated alkanes) is 20. The van der Waals surface area contributed by atoms with E-state index in [9.17, 15) is 0 Å². The van der Waals surface area contributed by atoms with Crippen molar-refractivity contribution in [2.24, 2.45) is 0 Å². The molecule has 5 nitrogen and oxygen atoms in total. The predicted molar refractivity (Wildman–Crippen MR) is 154 cm³/mol. The van der Waals surface area contributed by atoms with Crippen LogP contribution in [0.1, 0.15) is 168 Å². The molecule has 35 heavy (non-hydrogen) atoms. The summed E-state index contributed by atoms with van der Waals surface area (Å²) >= 11 is 0. The third-order valence-electron chi connectivity index (χ3n) is 6.73. The van der Waals surface area contributed by atoms with Crippen molar-refractivity contribution in [1.82, 2.24) is 4.90 Å². The van der Waals surface area contributed by atoms with Crippen LogP contribution < -0.4 is 0 Å². The molecule has 3 N–H and O–H groups in total. The van der Waals surface area contributed by atoms with E-state index in [2.05, 4.69) is 25.7 Å². The van der Waals surface area contributed by atoms with Crippen molar-refractivity contribution in [3.05, 3.63) is 0 Å². The molecule has 0 heterocycles. The summed E-state index contributed by atoms with van der Waals surface area (Å²) in [6.07, 6.45) is 33.2. The predicted octanol–water partition coefficient (Wildman–Crippen LogP) is 9.39. The number of nitrogens with zero attached hydrogens (tertiary/aromatic N) is 1. The lowest BCUT2D eigenvalue weighted by atomic mass is 10.1. The first-order valence-corrected chi connectivity index (χ1v) is 16.9. The van der Waals surface area contributed by atoms with E-state index in [1.54, 1.807) is 0 Å². The highest BCUT2D eigenvalue weighted by molar-refractivity contribution is 7.45. The van der Waals surface area contributed by atoms with E-state index < -0.39 is 7.82 Å². The van der Waals surface area contributed by atoms with E-state index in [0.717, 1.165) is 0 Å². The van der Waals surface area contributed by atoms with Gasteiger partial charge in [-0.2, -0.15) is 0 Å². The minimum atomic E-state index is -4.64. The van der Waals surface area contributed by atoms with E-state index in [4.69, 9.17) is 19.2 Å². The summed E-state index contributed by atoms with van der Waals surface area (Å²) in [5.74, 6) is 0. The van der Waals surface area contributed by atoms with Crippen LogP contribution >= 0.6 is 7.82 Å². The second kappa shape index (κ2) is 30.3. The van der Waals surface area contributed by atoms with Gasteiger partial charge in [-0.05, 0) is 38.9 Å². The fourth-order valence-corrected chi connectivity index (χ4v) is 4.57. The zero-order valence-electron chi connectivity index (χ0n) is 24.0. The molecule has 0 aromatic carbocycles. The Bertz CT molecular complexity index is 407. The SMILES string of the molecule is CCCCCCCCCCCCCN(CCCCCCCC)CCCCCCCC.O=P(O)(O)O. The zero-order valence-corrected chi connectivity index (χ0v) is 24.9. The van der Waals surface area contributed by atoms with Gasteiger partial charge in [-0.15, -0.1) is 0 Å². The molecule has 0 fully saturated rings. The molecule has 0 aromatic rings. The topological polar surface area (TPSA) is 81.0 Å². The molecule has 0 aliphatic heterocycles. The van der Waals surface area contributed by atoms with Gasteiger partial charge in [0.1, 0.15) is 0 Å². The summed E-state index contributed by atoms with van der Waals surface area (Å²) in [6, 6.07) is 0. The lowest BCUT2D eigenvalue weighted by Crippen LogP contribution is -2.27. The normalized spacial score (nSPS) is 11.6. The maximum absolute atomic E-state index is 8.88.